The minimum absolute atomic E-state index is 0.200. The van der Waals surface area contributed by atoms with Crippen molar-refractivity contribution in [2.45, 2.75) is 46.0 Å². The van der Waals surface area contributed by atoms with Gasteiger partial charge in [0.25, 0.3) is 0 Å². The maximum absolute atomic E-state index is 13.6. The first-order valence-corrected chi connectivity index (χ1v) is 8.78. The molecule has 1 nitrogen and oxygen atoms in total. The fourth-order valence-electron chi connectivity index (χ4n) is 3.36. The van der Waals surface area contributed by atoms with Crippen LogP contribution in [-0.2, 0) is 0 Å². The molecule has 124 valence electrons. The Kier molecular flexibility index (Phi) is 4.94. The molecule has 1 unspecified atom stereocenters. The van der Waals surface area contributed by atoms with Gasteiger partial charge in [0.2, 0.25) is 0 Å². The van der Waals surface area contributed by atoms with Gasteiger partial charge in [-0.3, -0.25) is 4.98 Å². The van der Waals surface area contributed by atoms with Gasteiger partial charge in [0.05, 0.1) is 0 Å². The first-order valence-electron chi connectivity index (χ1n) is 8.78. The number of hydrogen-bond donors (Lipinski definition) is 0. The molecule has 24 heavy (non-hydrogen) atoms. The first kappa shape index (κ1) is 16.6. The van der Waals surface area contributed by atoms with Crippen molar-refractivity contribution >= 4 is 10.8 Å². The second kappa shape index (κ2) is 7.12. The lowest BCUT2D eigenvalue weighted by Gasteiger charge is -2.14. The zero-order chi connectivity index (χ0) is 17.1. The minimum Gasteiger partial charge on any atom is -0.260 e. The summed E-state index contributed by atoms with van der Waals surface area (Å²) in [5.74, 6) is 0.332. The van der Waals surface area contributed by atoms with Crippen molar-refractivity contribution in [1.82, 2.24) is 4.98 Å². The largest absolute Gasteiger partial charge is 0.260 e. The maximum atomic E-state index is 13.6. The standard InChI is InChI=1S/C22H24FN/c1-4-6-16(5-2)22-12-17-8-9-18(11-19(17)14-24-22)21-13-20(23)10-7-15(21)3/h7-14,16H,4-6H2,1-3H3. The summed E-state index contributed by atoms with van der Waals surface area (Å²) in [7, 11) is 0. The molecule has 1 aromatic heterocycles. The third-order valence-electron chi connectivity index (χ3n) is 4.80. The molecule has 3 rings (SSSR count). The number of benzene rings is 2. The normalized spacial score (nSPS) is 12.5. The van der Waals surface area contributed by atoms with E-state index < -0.39 is 0 Å². The van der Waals surface area contributed by atoms with E-state index in [1.807, 2.05) is 19.2 Å². The number of hydrogen-bond acceptors (Lipinski definition) is 1. The number of fused-ring (bicyclic) bond motifs is 1. The van der Waals surface area contributed by atoms with Crippen molar-refractivity contribution in [3.8, 4) is 11.1 Å². The molecule has 0 aliphatic carbocycles. The molecule has 0 N–H and O–H groups in total. The minimum atomic E-state index is -0.200. The van der Waals surface area contributed by atoms with Crippen LogP contribution in [0.25, 0.3) is 21.9 Å². The molecule has 0 aliphatic rings. The van der Waals surface area contributed by atoms with Crippen LogP contribution in [0.5, 0.6) is 0 Å². The van der Waals surface area contributed by atoms with Crippen molar-refractivity contribution in [1.29, 1.82) is 0 Å². The van der Waals surface area contributed by atoms with Crippen molar-refractivity contribution in [2.75, 3.05) is 0 Å². The Morgan fingerprint density at radius 3 is 2.58 bits per heavy atom. The van der Waals surface area contributed by atoms with Gasteiger partial charge in [-0.1, -0.05) is 38.5 Å². The predicted octanol–water partition coefficient (Wildman–Crippen LogP) is 6.64. The van der Waals surface area contributed by atoms with Crippen LogP contribution in [0.4, 0.5) is 4.39 Å². The molecule has 0 saturated heterocycles. The van der Waals surface area contributed by atoms with Crippen LogP contribution in [0.3, 0.4) is 0 Å². The lowest BCUT2D eigenvalue weighted by Crippen LogP contribution is -1.99. The Morgan fingerprint density at radius 1 is 1.00 bits per heavy atom. The average Bonchev–Trinajstić information content (AvgIpc) is 2.61. The van der Waals surface area contributed by atoms with Crippen molar-refractivity contribution in [3.63, 3.8) is 0 Å². The highest BCUT2D eigenvalue weighted by Gasteiger charge is 2.11. The van der Waals surface area contributed by atoms with Crippen LogP contribution in [0, 0.1) is 12.7 Å². The summed E-state index contributed by atoms with van der Waals surface area (Å²) in [5, 5.41) is 2.30. The van der Waals surface area contributed by atoms with E-state index in [1.54, 1.807) is 6.07 Å². The molecule has 3 aromatic rings. The van der Waals surface area contributed by atoms with E-state index in [9.17, 15) is 4.39 Å². The van der Waals surface area contributed by atoms with Gasteiger partial charge in [-0.2, -0.15) is 0 Å². The van der Waals surface area contributed by atoms with Gasteiger partial charge >= 0.3 is 0 Å². The Hall–Kier alpha value is -2.22. The second-order valence-electron chi connectivity index (χ2n) is 6.52. The van der Waals surface area contributed by atoms with Crippen molar-refractivity contribution < 1.29 is 4.39 Å². The quantitative estimate of drug-likeness (QED) is 0.513. The molecule has 0 aliphatic heterocycles. The Balaban J connectivity index is 2.02. The SMILES string of the molecule is CCCC(CC)c1cc2ccc(-c3cc(F)ccc3C)cc2cn1. The highest BCUT2D eigenvalue weighted by molar-refractivity contribution is 5.87. The highest BCUT2D eigenvalue weighted by atomic mass is 19.1. The molecule has 0 saturated carbocycles. The molecule has 2 aromatic carbocycles. The summed E-state index contributed by atoms with van der Waals surface area (Å²) in [6.45, 7) is 6.45. The van der Waals surface area contributed by atoms with Crippen molar-refractivity contribution in [3.05, 3.63) is 65.7 Å². The molecule has 1 heterocycles. The zero-order valence-electron chi connectivity index (χ0n) is 14.6. The second-order valence-corrected chi connectivity index (χ2v) is 6.52. The van der Waals surface area contributed by atoms with Gasteiger partial charge in [0.15, 0.2) is 0 Å². The van der Waals surface area contributed by atoms with Gasteiger partial charge in [-0.05, 0) is 66.1 Å². The van der Waals surface area contributed by atoms with Gasteiger partial charge < -0.3 is 0 Å². The summed E-state index contributed by atoms with van der Waals surface area (Å²) < 4.78 is 13.6. The lowest BCUT2D eigenvalue weighted by atomic mass is 9.94. The van der Waals surface area contributed by atoms with E-state index in [2.05, 4.69) is 38.1 Å². The molecular weight excluding hydrogens is 297 g/mol. The summed E-state index contributed by atoms with van der Waals surface area (Å²) in [6.07, 6.45) is 5.43. The van der Waals surface area contributed by atoms with Gasteiger partial charge in [-0.15, -0.1) is 0 Å². The lowest BCUT2D eigenvalue weighted by molar-refractivity contribution is 0.582. The predicted molar refractivity (Wildman–Crippen MR) is 99.8 cm³/mol. The van der Waals surface area contributed by atoms with E-state index in [1.165, 1.54) is 30.0 Å². The number of rotatable bonds is 5. The summed E-state index contributed by atoms with van der Waals surface area (Å²) in [4.78, 5) is 4.70. The first-order chi connectivity index (χ1) is 11.6. The summed E-state index contributed by atoms with van der Waals surface area (Å²) in [5.41, 5.74) is 4.24. The Bertz CT molecular complexity index is 854. The Morgan fingerprint density at radius 2 is 1.83 bits per heavy atom. The summed E-state index contributed by atoms with van der Waals surface area (Å²) >= 11 is 0. The number of halogens is 1. The fraction of sp³-hybridized carbons (Fsp3) is 0.318. The zero-order valence-corrected chi connectivity index (χ0v) is 14.6. The average molecular weight is 321 g/mol. The molecule has 0 fully saturated rings. The molecule has 2 heteroatoms. The molecule has 1 atom stereocenters. The van der Waals surface area contributed by atoms with E-state index in [4.69, 9.17) is 4.98 Å². The number of nitrogens with zero attached hydrogens (tertiary/aromatic N) is 1. The Labute approximate surface area is 143 Å². The maximum Gasteiger partial charge on any atom is 0.123 e. The molecule has 0 spiro atoms. The van der Waals surface area contributed by atoms with E-state index >= 15 is 0 Å². The van der Waals surface area contributed by atoms with Crippen LogP contribution >= 0.6 is 0 Å². The van der Waals surface area contributed by atoms with Crippen LogP contribution < -0.4 is 0 Å². The van der Waals surface area contributed by atoms with Crippen LogP contribution in [0.1, 0.15) is 50.3 Å². The van der Waals surface area contributed by atoms with Gasteiger partial charge in [-0.25, -0.2) is 4.39 Å². The topological polar surface area (TPSA) is 12.9 Å². The molecule has 0 radical (unpaired) electrons. The fourth-order valence-corrected chi connectivity index (χ4v) is 3.36. The highest BCUT2D eigenvalue weighted by Crippen LogP contribution is 2.30. The molecular formula is C22H24FN. The van der Waals surface area contributed by atoms with E-state index in [0.717, 1.165) is 28.5 Å². The molecule has 0 amide bonds. The van der Waals surface area contributed by atoms with E-state index in [0.29, 0.717) is 5.92 Å². The van der Waals surface area contributed by atoms with Gasteiger partial charge in [0.1, 0.15) is 5.82 Å². The van der Waals surface area contributed by atoms with Crippen LogP contribution in [0.15, 0.2) is 48.7 Å². The summed E-state index contributed by atoms with van der Waals surface area (Å²) in [6, 6.07) is 13.5. The van der Waals surface area contributed by atoms with Crippen LogP contribution in [-0.4, -0.2) is 4.98 Å². The van der Waals surface area contributed by atoms with Crippen molar-refractivity contribution in [2.24, 2.45) is 0 Å². The van der Waals surface area contributed by atoms with E-state index in [-0.39, 0.29) is 5.82 Å². The number of pyridine rings is 1. The monoisotopic (exact) mass is 321 g/mol. The van der Waals surface area contributed by atoms with Gasteiger partial charge in [0, 0.05) is 23.2 Å². The third kappa shape index (κ3) is 3.33. The smallest absolute Gasteiger partial charge is 0.123 e. The van der Waals surface area contributed by atoms with Crippen LogP contribution in [0.2, 0.25) is 0 Å². The third-order valence-corrected chi connectivity index (χ3v) is 4.80. The number of aryl methyl sites for hydroxylation is 1. The number of aromatic nitrogens is 1. The molecule has 0 bridgehead atoms.